The van der Waals surface area contributed by atoms with Crippen LogP contribution in [0.5, 0.6) is 0 Å². The SMILES string of the molecule is Cc1ccc2nc(CN3CC(N4CCCC[C@@H]4C)C3)[nH]c2c1. The average Bonchev–Trinajstić information content (AvgIpc) is 2.85. The Kier molecular flexibility index (Phi) is 3.66. The normalized spacial score (nSPS) is 24.7. The zero-order valence-corrected chi connectivity index (χ0v) is 13.7. The second-order valence-electron chi connectivity index (χ2n) is 7.13. The Labute approximate surface area is 132 Å². The van der Waals surface area contributed by atoms with Gasteiger partial charge in [0.1, 0.15) is 5.82 Å². The van der Waals surface area contributed by atoms with Gasteiger partial charge in [0.25, 0.3) is 0 Å². The van der Waals surface area contributed by atoms with Gasteiger partial charge in [0.15, 0.2) is 0 Å². The molecule has 118 valence electrons. The van der Waals surface area contributed by atoms with Gasteiger partial charge >= 0.3 is 0 Å². The summed E-state index contributed by atoms with van der Waals surface area (Å²) >= 11 is 0. The monoisotopic (exact) mass is 298 g/mol. The number of benzene rings is 1. The summed E-state index contributed by atoms with van der Waals surface area (Å²) in [5.41, 5.74) is 3.53. The molecule has 0 amide bonds. The molecule has 0 unspecified atom stereocenters. The number of H-pyrrole nitrogens is 1. The van der Waals surface area contributed by atoms with Crippen LogP contribution in [0.1, 0.15) is 37.6 Å². The lowest BCUT2D eigenvalue weighted by Gasteiger charge is -2.49. The number of piperidine rings is 1. The summed E-state index contributed by atoms with van der Waals surface area (Å²) < 4.78 is 0. The zero-order valence-electron chi connectivity index (χ0n) is 13.7. The van der Waals surface area contributed by atoms with E-state index < -0.39 is 0 Å². The molecule has 3 heterocycles. The van der Waals surface area contributed by atoms with E-state index in [9.17, 15) is 0 Å². The summed E-state index contributed by atoms with van der Waals surface area (Å²) in [6.07, 6.45) is 4.16. The minimum absolute atomic E-state index is 0.766. The lowest BCUT2D eigenvalue weighted by Crippen LogP contribution is -2.61. The van der Waals surface area contributed by atoms with E-state index in [1.807, 2.05) is 0 Å². The summed E-state index contributed by atoms with van der Waals surface area (Å²) in [7, 11) is 0. The van der Waals surface area contributed by atoms with E-state index in [-0.39, 0.29) is 0 Å². The molecule has 0 spiro atoms. The molecule has 2 aliphatic heterocycles. The zero-order chi connectivity index (χ0) is 15.1. The van der Waals surface area contributed by atoms with E-state index in [1.165, 1.54) is 44.5 Å². The summed E-state index contributed by atoms with van der Waals surface area (Å²) in [6.45, 7) is 9.15. The number of nitrogens with zero attached hydrogens (tertiary/aromatic N) is 3. The van der Waals surface area contributed by atoms with Crippen molar-refractivity contribution in [2.45, 2.75) is 51.7 Å². The molecule has 1 N–H and O–H groups in total. The fraction of sp³-hybridized carbons (Fsp3) is 0.611. The number of aromatic nitrogens is 2. The lowest BCUT2D eigenvalue weighted by molar-refractivity contribution is -0.00718. The molecule has 4 rings (SSSR count). The molecule has 22 heavy (non-hydrogen) atoms. The molecule has 2 saturated heterocycles. The second-order valence-corrected chi connectivity index (χ2v) is 7.13. The molecule has 2 fully saturated rings. The van der Waals surface area contributed by atoms with E-state index in [2.05, 4.69) is 46.8 Å². The van der Waals surface area contributed by atoms with E-state index in [1.54, 1.807) is 0 Å². The number of hydrogen-bond acceptors (Lipinski definition) is 3. The van der Waals surface area contributed by atoms with Gasteiger partial charge in [0, 0.05) is 25.2 Å². The van der Waals surface area contributed by atoms with Crippen LogP contribution in [0.4, 0.5) is 0 Å². The predicted molar refractivity (Wildman–Crippen MR) is 89.9 cm³/mol. The molecular formula is C18H26N4. The Balaban J connectivity index is 1.36. The highest BCUT2D eigenvalue weighted by Gasteiger charge is 2.35. The Morgan fingerprint density at radius 2 is 2.14 bits per heavy atom. The Bertz CT molecular complexity index is 656. The maximum atomic E-state index is 4.72. The molecule has 0 bridgehead atoms. The number of rotatable bonds is 3. The van der Waals surface area contributed by atoms with Gasteiger partial charge in [-0.2, -0.15) is 0 Å². The maximum Gasteiger partial charge on any atom is 0.121 e. The fourth-order valence-electron chi connectivity index (χ4n) is 4.01. The van der Waals surface area contributed by atoms with Crippen molar-refractivity contribution in [1.82, 2.24) is 19.8 Å². The molecular weight excluding hydrogens is 272 g/mol. The molecule has 2 aliphatic rings. The van der Waals surface area contributed by atoms with E-state index in [4.69, 9.17) is 4.98 Å². The third-order valence-corrected chi connectivity index (χ3v) is 5.32. The molecule has 1 atom stereocenters. The highest BCUT2D eigenvalue weighted by molar-refractivity contribution is 5.75. The first-order valence-corrected chi connectivity index (χ1v) is 8.62. The average molecular weight is 298 g/mol. The summed E-state index contributed by atoms with van der Waals surface area (Å²) in [5, 5.41) is 0. The second kappa shape index (κ2) is 5.67. The van der Waals surface area contributed by atoms with Gasteiger partial charge < -0.3 is 4.98 Å². The minimum Gasteiger partial charge on any atom is -0.341 e. The number of imidazole rings is 1. The van der Waals surface area contributed by atoms with Crippen molar-refractivity contribution in [3.05, 3.63) is 29.6 Å². The van der Waals surface area contributed by atoms with Crippen molar-refractivity contribution in [2.75, 3.05) is 19.6 Å². The standard InChI is InChI=1S/C18H26N4/c1-13-6-7-16-17(9-13)20-18(19-16)12-21-10-15(11-21)22-8-4-3-5-14(22)2/h6-7,9,14-15H,3-5,8,10-12H2,1-2H3,(H,19,20)/t14-/m0/s1. The van der Waals surface area contributed by atoms with Gasteiger partial charge in [-0.25, -0.2) is 4.98 Å². The largest absolute Gasteiger partial charge is 0.341 e. The van der Waals surface area contributed by atoms with Crippen LogP contribution in [0.25, 0.3) is 11.0 Å². The number of hydrogen-bond donors (Lipinski definition) is 1. The maximum absolute atomic E-state index is 4.72. The van der Waals surface area contributed by atoms with Crippen molar-refractivity contribution >= 4 is 11.0 Å². The van der Waals surface area contributed by atoms with Gasteiger partial charge in [-0.1, -0.05) is 12.5 Å². The fourth-order valence-corrected chi connectivity index (χ4v) is 4.01. The number of aryl methyl sites for hydroxylation is 1. The topological polar surface area (TPSA) is 35.2 Å². The molecule has 1 aromatic carbocycles. The summed E-state index contributed by atoms with van der Waals surface area (Å²) in [5.74, 6) is 1.10. The molecule has 0 aliphatic carbocycles. The first-order chi connectivity index (χ1) is 10.7. The number of nitrogens with one attached hydrogen (secondary N) is 1. The Morgan fingerprint density at radius 3 is 2.95 bits per heavy atom. The van der Waals surface area contributed by atoms with Crippen LogP contribution >= 0.6 is 0 Å². The lowest BCUT2D eigenvalue weighted by atomic mass is 9.97. The van der Waals surface area contributed by atoms with Crippen LogP contribution in [0.2, 0.25) is 0 Å². The van der Waals surface area contributed by atoms with Crippen molar-refractivity contribution in [1.29, 1.82) is 0 Å². The first kappa shape index (κ1) is 14.2. The van der Waals surface area contributed by atoms with E-state index >= 15 is 0 Å². The molecule has 0 saturated carbocycles. The quantitative estimate of drug-likeness (QED) is 0.946. The molecule has 0 radical (unpaired) electrons. The molecule has 1 aromatic heterocycles. The van der Waals surface area contributed by atoms with E-state index in [0.717, 1.165) is 35.5 Å². The molecule has 2 aromatic rings. The van der Waals surface area contributed by atoms with Crippen molar-refractivity contribution < 1.29 is 0 Å². The number of fused-ring (bicyclic) bond motifs is 1. The van der Waals surface area contributed by atoms with Gasteiger partial charge in [0.05, 0.1) is 17.6 Å². The predicted octanol–water partition coefficient (Wildman–Crippen LogP) is 2.93. The number of aromatic amines is 1. The molecule has 4 heteroatoms. The first-order valence-electron chi connectivity index (χ1n) is 8.62. The minimum atomic E-state index is 0.766. The third kappa shape index (κ3) is 2.66. The van der Waals surface area contributed by atoms with Crippen LogP contribution in [0.3, 0.4) is 0 Å². The van der Waals surface area contributed by atoms with Gasteiger partial charge in [-0.05, 0) is 50.9 Å². The highest BCUT2D eigenvalue weighted by Crippen LogP contribution is 2.25. The van der Waals surface area contributed by atoms with Gasteiger partial charge in [-0.3, -0.25) is 9.80 Å². The third-order valence-electron chi connectivity index (χ3n) is 5.32. The van der Waals surface area contributed by atoms with Crippen molar-refractivity contribution in [3.63, 3.8) is 0 Å². The van der Waals surface area contributed by atoms with Crippen LogP contribution in [-0.2, 0) is 6.54 Å². The van der Waals surface area contributed by atoms with Gasteiger partial charge in [-0.15, -0.1) is 0 Å². The van der Waals surface area contributed by atoms with Gasteiger partial charge in [0.2, 0.25) is 0 Å². The number of likely N-dealkylation sites (tertiary alicyclic amines) is 2. The Morgan fingerprint density at radius 1 is 1.27 bits per heavy atom. The summed E-state index contributed by atoms with van der Waals surface area (Å²) in [6, 6.07) is 7.96. The Hall–Kier alpha value is -1.39. The molecule has 4 nitrogen and oxygen atoms in total. The van der Waals surface area contributed by atoms with Crippen LogP contribution < -0.4 is 0 Å². The van der Waals surface area contributed by atoms with Crippen LogP contribution in [-0.4, -0.2) is 51.5 Å². The van der Waals surface area contributed by atoms with Crippen LogP contribution in [0.15, 0.2) is 18.2 Å². The van der Waals surface area contributed by atoms with Crippen molar-refractivity contribution in [2.24, 2.45) is 0 Å². The van der Waals surface area contributed by atoms with Crippen LogP contribution in [0, 0.1) is 6.92 Å². The smallest absolute Gasteiger partial charge is 0.121 e. The van der Waals surface area contributed by atoms with Crippen molar-refractivity contribution in [3.8, 4) is 0 Å². The van der Waals surface area contributed by atoms with E-state index in [0.29, 0.717) is 0 Å². The summed E-state index contributed by atoms with van der Waals surface area (Å²) in [4.78, 5) is 13.4. The highest BCUT2D eigenvalue weighted by atomic mass is 15.3.